The van der Waals surface area contributed by atoms with Crippen molar-refractivity contribution in [2.45, 2.75) is 32.4 Å². The summed E-state index contributed by atoms with van der Waals surface area (Å²) in [7, 11) is 0. The van der Waals surface area contributed by atoms with Gasteiger partial charge in [0.15, 0.2) is 0 Å². The van der Waals surface area contributed by atoms with Crippen molar-refractivity contribution in [3.8, 4) is 6.07 Å². The van der Waals surface area contributed by atoms with Crippen LogP contribution < -0.4 is 0 Å². The Labute approximate surface area is 115 Å². The highest BCUT2D eigenvalue weighted by atomic mass is 15.3. The van der Waals surface area contributed by atoms with Crippen LogP contribution in [0, 0.1) is 11.3 Å². The predicted octanol–water partition coefficient (Wildman–Crippen LogP) is 1.19. The third-order valence-corrected chi connectivity index (χ3v) is 3.83. The van der Waals surface area contributed by atoms with Crippen LogP contribution >= 0.6 is 0 Å². The molecule has 1 aliphatic heterocycles. The van der Waals surface area contributed by atoms with Crippen molar-refractivity contribution in [3.05, 3.63) is 18.7 Å². The van der Waals surface area contributed by atoms with Crippen LogP contribution in [0.15, 0.2) is 18.7 Å². The van der Waals surface area contributed by atoms with Crippen molar-refractivity contribution in [1.82, 2.24) is 19.4 Å². The lowest BCUT2D eigenvalue weighted by Gasteiger charge is -2.36. The normalized spacial score (nSPS) is 19.2. The van der Waals surface area contributed by atoms with Gasteiger partial charge in [-0.25, -0.2) is 4.98 Å². The van der Waals surface area contributed by atoms with Crippen LogP contribution in [0.2, 0.25) is 0 Å². The van der Waals surface area contributed by atoms with Gasteiger partial charge in [-0.05, 0) is 19.4 Å². The summed E-state index contributed by atoms with van der Waals surface area (Å²) in [5.41, 5.74) is 0. The summed E-state index contributed by atoms with van der Waals surface area (Å²) in [6.45, 7) is 8.48. The molecule has 1 unspecified atom stereocenters. The van der Waals surface area contributed by atoms with E-state index in [9.17, 15) is 0 Å². The molecular formula is C14H23N5. The highest BCUT2D eigenvalue weighted by molar-refractivity contribution is 4.92. The Kier molecular flexibility index (Phi) is 5.37. The molecule has 0 aliphatic carbocycles. The third-order valence-electron chi connectivity index (χ3n) is 3.83. The lowest BCUT2D eigenvalue weighted by atomic mass is 10.2. The summed E-state index contributed by atoms with van der Waals surface area (Å²) in [6.07, 6.45) is 7.79. The fourth-order valence-electron chi connectivity index (χ4n) is 2.63. The molecule has 1 aromatic rings. The minimum atomic E-state index is 0.105. The molecule has 0 aromatic carbocycles. The number of rotatable bonds is 6. The van der Waals surface area contributed by atoms with E-state index in [1.165, 1.54) is 0 Å². The van der Waals surface area contributed by atoms with E-state index in [0.717, 1.165) is 52.1 Å². The van der Waals surface area contributed by atoms with Gasteiger partial charge in [0.1, 0.15) is 0 Å². The zero-order chi connectivity index (χ0) is 13.5. The van der Waals surface area contributed by atoms with Crippen LogP contribution in [0.5, 0.6) is 0 Å². The largest absolute Gasteiger partial charge is 0.337 e. The maximum atomic E-state index is 9.08. The predicted molar refractivity (Wildman–Crippen MR) is 74.5 cm³/mol. The lowest BCUT2D eigenvalue weighted by Crippen LogP contribution is -2.50. The Bertz CT molecular complexity index is 386. The molecule has 1 atom stereocenters. The molecule has 5 heteroatoms. The average molecular weight is 261 g/mol. The smallest absolute Gasteiger partial charge is 0.0976 e. The monoisotopic (exact) mass is 261 g/mol. The van der Waals surface area contributed by atoms with Crippen LogP contribution in [-0.4, -0.2) is 58.1 Å². The third kappa shape index (κ3) is 4.05. The van der Waals surface area contributed by atoms with E-state index >= 15 is 0 Å². The van der Waals surface area contributed by atoms with E-state index in [1.54, 1.807) is 0 Å². The average Bonchev–Trinajstić information content (AvgIpc) is 2.95. The number of aryl methyl sites for hydroxylation is 1. The van der Waals surface area contributed by atoms with Crippen LogP contribution in [0.3, 0.4) is 0 Å². The molecule has 2 heterocycles. The molecule has 0 N–H and O–H groups in total. The maximum Gasteiger partial charge on any atom is 0.0976 e. The second-order valence-electron chi connectivity index (χ2n) is 5.08. The maximum absolute atomic E-state index is 9.08. The topological polar surface area (TPSA) is 48.1 Å². The van der Waals surface area contributed by atoms with Crippen molar-refractivity contribution in [3.63, 3.8) is 0 Å². The Morgan fingerprint density at radius 3 is 2.63 bits per heavy atom. The first-order chi connectivity index (χ1) is 9.33. The molecule has 1 saturated heterocycles. The zero-order valence-corrected chi connectivity index (χ0v) is 11.7. The van der Waals surface area contributed by atoms with Crippen molar-refractivity contribution < 1.29 is 0 Å². The first kappa shape index (κ1) is 14.0. The van der Waals surface area contributed by atoms with Crippen molar-refractivity contribution in [2.24, 2.45) is 0 Å². The molecule has 5 nitrogen and oxygen atoms in total. The summed E-state index contributed by atoms with van der Waals surface area (Å²) in [5, 5.41) is 9.08. The number of piperazine rings is 1. The summed E-state index contributed by atoms with van der Waals surface area (Å²) in [4.78, 5) is 8.86. The van der Waals surface area contributed by atoms with Gasteiger partial charge in [0, 0.05) is 45.1 Å². The fourth-order valence-corrected chi connectivity index (χ4v) is 2.63. The van der Waals surface area contributed by atoms with E-state index < -0.39 is 0 Å². The number of imidazole rings is 1. The van der Waals surface area contributed by atoms with E-state index in [2.05, 4.69) is 32.3 Å². The second-order valence-corrected chi connectivity index (χ2v) is 5.08. The quantitative estimate of drug-likeness (QED) is 0.772. The van der Waals surface area contributed by atoms with E-state index in [0.29, 0.717) is 0 Å². The molecule has 0 spiro atoms. The molecule has 2 rings (SSSR count). The summed E-state index contributed by atoms with van der Waals surface area (Å²) in [6, 6.07) is 2.50. The fraction of sp³-hybridized carbons (Fsp3) is 0.714. The van der Waals surface area contributed by atoms with E-state index in [1.807, 2.05) is 18.7 Å². The summed E-state index contributed by atoms with van der Waals surface area (Å²) in [5.74, 6) is 0. The lowest BCUT2D eigenvalue weighted by molar-refractivity contribution is 0.111. The van der Waals surface area contributed by atoms with Gasteiger partial charge in [-0.3, -0.25) is 4.90 Å². The van der Waals surface area contributed by atoms with Gasteiger partial charge in [-0.2, -0.15) is 5.26 Å². The number of hydrogen-bond acceptors (Lipinski definition) is 4. The van der Waals surface area contributed by atoms with Crippen molar-refractivity contribution in [2.75, 3.05) is 32.7 Å². The zero-order valence-electron chi connectivity index (χ0n) is 11.7. The van der Waals surface area contributed by atoms with E-state index in [4.69, 9.17) is 5.26 Å². The molecule has 104 valence electrons. The summed E-state index contributed by atoms with van der Waals surface area (Å²) < 4.78 is 2.12. The number of nitrogens with zero attached hydrogens (tertiary/aromatic N) is 5. The number of nitriles is 1. The van der Waals surface area contributed by atoms with E-state index in [-0.39, 0.29) is 6.04 Å². The van der Waals surface area contributed by atoms with Gasteiger partial charge in [0.2, 0.25) is 0 Å². The minimum absolute atomic E-state index is 0.105. The number of hydrogen-bond donors (Lipinski definition) is 0. The second kappa shape index (κ2) is 7.27. The first-order valence-electron chi connectivity index (χ1n) is 7.15. The number of aromatic nitrogens is 2. The van der Waals surface area contributed by atoms with Crippen molar-refractivity contribution in [1.29, 1.82) is 5.26 Å². The Hall–Kier alpha value is -1.38. The molecule has 0 saturated carbocycles. The molecule has 19 heavy (non-hydrogen) atoms. The highest BCUT2D eigenvalue weighted by Gasteiger charge is 2.21. The summed E-state index contributed by atoms with van der Waals surface area (Å²) >= 11 is 0. The van der Waals surface area contributed by atoms with Gasteiger partial charge in [0.05, 0.1) is 18.4 Å². The molecule has 1 fully saturated rings. The molecule has 1 aromatic heterocycles. The van der Waals surface area contributed by atoms with Gasteiger partial charge < -0.3 is 9.47 Å². The Balaban J connectivity index is 1.65. The van der Waals surface area contributed by atoms with Crippen LogP contribution in [-0.2, 0) is 6.54 Å². The Morgan fingerprint density at radius 2 is 2.05 bits per heavy atom. The minimum Gasteiger partial charge on any atom is -0.337 e. The van der Waals surface area contributed by atoms with Gasteiger partial charge in [0.25, 0.3) is 0 Å². The van der Waals surface area contributed by atoms with Gasteiger partial charge >= 0.3 is 0 Å². The van der Waals surface area contributed by atoms with Crippen molar-refractivity contribution >= 4 is 0 Å². The van der Waals surface area contributed by atoms with Crippen LogP contribution in [0.4, 0.5) is 0 Å². The van der Waals surface area contributed by atoms with Crippen LogP contribution in [0.25, 0.3) is 0 Å². The van der Waals surface area contributed by atoms with Gasteiger partial charge in [-0.1, -0.05) is 6.92 Å². The highest BCUT2D eigenvalue weighted by Crippen LogP contribution is 2.09. The molecule has 0 amide bonds. The molecule has 0 radical (unpaired) electrons. The standard InChI is InChI=1S/C14H23N5/c1-2-14(12-15)19-10-8-17(9-11-19)5-3-6-18-7-4-16-13-18/h4,7,13-14H,2-3,5-6,8-11H2,1H3. The molecule has 1 aliphatic rings. The van der Waals surface area contributed by atoms with Crippen LogP contribution in [0.1, 0.15) is 19.8 Å². The molecular weight excluding hydrogens is 238 g/mol. The molecule has 0 bridgehead atoms. The SMILES string of the molecule is CCC(C#N)N1CCN(CCCn2ccnc2)CC1. The first-order valence-corrected chi connectivity index (χ1v) is 7.15. The Morgan fingerprint density at radius 1 is 1.26 bits per heavy atom. The van der Waals surface area contributed by atoms with Gasteiger partial charge in [-0.15, -0.1) is 0 Å².